The van der Waals surface area contributed by atoms with E-state index in [2.05, 4.69) is 21.7 Å². The molecule has 0 aliphatic carbocycles. The minimum Gasteiger partial charge on any atom is -0.377 e. The highest BCUT2D eigenvalue weighted by atomic mass is 32.1. The van der Waals surface area contributed by atoms with Crippen LogP contribution in [0, 0.1) is 5.82 Å². The average molecular weight is 376 g/mol. The van der Waals surface area contributed by atoms with Crippen molar-refractivity contribution >= 4 is 17.2 Å². The number of thiophene rings is 1. The van der Waals surface area contributed by atoms with Gasteiger partial charge in [-0.1, -0.05) is 18.2 Å². The first-order valence-corrected chi connectivity index (χ1v) is 9.89. The molecule has 2 heterocycles. The molecule has 0 radical (unpaired) electrons. The predicted octanol–water partition coefficient (Wildman–Crippen LogP) is 3.75. The number of benzene rings is 1. The average Bonchev–Trinajstić information content (AvgIpc) is 3.29. The molecule has 3 rings (SSSR count). The first kappa shape index (κ1) is 19.0. The maximum atomic E-state index is 13.1. The lowest BCUT2D eigenvalue weighted by Gasteiger charge is -2.25. The standard InChI is InChI=1S/C20H25FN2O2S/c1-15(16-6-8-17(21)9-7-16)22-20(24)14-23(12-18-4-2-10-25-18)13-19-5-3-11-26-19/h3,5-9,11,15,18H,2,4,10,12-14H2,1H3,(H,22,24)/t15-,18+/m0/s1. The van der Waals surface area contributed by atoms with Crippen LogP contribution in [0.25, 0.3) is 0 Å². The Hall–Kier alpha value is -1.76. The van der Waals surface area contributed by atoms with E-state index in [1.54, 1.807) is 23.5 Å². The molecule has 0 bridgehead atoms. The number of carbonyl (C=O) groups is 1. The molecular weight excluding hydrogens is 351 g/mol. The normalized spacial score (nSPS) is 18.2. The monoisotopic (exact) mass is 376 g/mol. The number of halogens is 1. The van der Waals surface area contributed by atoms with Crippen LogP contribution >= 0.6 is 11.3 Å². The van der Waals surface area contributed by atoms with Crippen molar-refractivity contribution in [2.45, 2.75) is 38.5 Å². The Morgan fingerprint density at radius 1 is 1.38 bits per heavy atom. The van der Waals surface area contributed by atoms with E-state index in [1.165, 1.54) is 17.0 Å². The lowest BCUT2D eigenvalue weighted by molar-refractivity contribution is -0.123. The summed E-state index contributed by atoms with van der Waals surface area (Å²) in [6.45, 7) is 4.55. The molecule has 1 fully saturated rings. The number of rotatable bonds is 8. The van der Waals surface area contributed by atoms with Crippen LogP contribution in [0.1, 0.15) is 36.2 Å². The maximum absolute atomic E-state index is 13.1. The van der Waals surface area contributed by atoms with Gasteiger partial charge in [-0.2, -0.15) is 0 Å². The smallest absolute Gasteiger partial charge is 0.234 e. The number of carbonyl (C=O) groups excluding carboxylic acids is 1. The summed E-state index contributed by atoms with van der Waals surface area (Å²) in [7, 11) is 0. The Morgan fingerprint density at radius 3 is 2.85 bits per heavy atom. The van der Waals surface area contributed by atoms with Crippen molar-refractivity contribution in [2.75, 3.05) is 19.7 Å². The van der Waals surface area contributed by atoms with Gasteiger partial charge in [-0.15, -0.1) is 11.3 Å². The molecular formula is C20H25FN2O2S. The number of nitrogens with one attached hydrogen (secondary N) is 1. The summed E-state index contributed by atoms with van der Waals surface area (Å²) in [6.07, 6.45) is 2.34. The number of nitrogens with zero attached hydrogens (tertiary/aromatic N) is 1. The molecule has 6 heteroatoms. The Morgan fingerprint density at radius 2 is 2.19 bits per heavy atom. The molecule has 2 aromatic rings. The number of hydrogen-bond acceptors (Lipinski definition) is 4. The molecule has 26 heavy (non-hydrogen) atoms. The maximum Gasteiger partial charge on any atom is 0.234 e. The number of amides is 1. The van der Waals surface area contributed by atoms with Crippen LogP contribution in [0.3, 0.4) is 0 Å². The third kappa shape index (κ3) is 5.62. The molecule has 1 aromatic heterocycles. The molecule has 0 saturated carbocycles. The zero-order valence-corrected chi connectivity index (χ0v) is 15.8. The van der Waals surface area contributed by atoms with Crippen molar-refractivity contribution in [3.8, 4) is 0 Å². The third-order valence-corrected chi connectivity index (χ3v) is 5.42. The van der Waals surface area contributed by atoms with Crippen LogP contribution in [-0.2, 0) is 16.1 Å². The highest BCUT2D eigenvalue weighted by Crippen LogP contribution is 2.18. The van der Waals surface area contributed by atoms with E-state index in [4.69, 9.17) is 4.74 Å². The Kier molecular flexibility index (Phi) is 6.77. The molecule has 1 aromatic carbocycles. The molecule has 1 saturated heterocycles. The van der Waals surface area contributed by atoms with Crippen LogP contribution < -0.4 is 5.32 Å². The van der Waals surface area contributed by atoms with Crippen LogP contribution in [0.2, 0.25) is 0 Å². The Bertz CT molecular complexity index is 684. The Labute approximate surface area is 158 Å². The lowest BCUT2D eigenvalue weighted by atomic mass is 10.1. The van der Waals surface area contributed by atoms with E-state index >= 15 is 0 Å². The van der Waals surface area contributed by atoms with Gasteiger partial charge in [-0.3, -0.25) is 9.69 Å². The summed E-state index contributed by atoms with van der Waals surface area (Å²) in [5.74, 6) is -0.303. The fraction of sp³-hybridized carbons (Fsp3) is 0.450. The predicted molar refractivity (Wildman–Crippen MR) is 102 cm³/mol. The second kappa shape index (κ2) is 9.26. The van der Waals surface area contributed by atoms with Gasteiger partial charge in [0.25, 0.3) is 0 Å². The highest BCUT2D eigenvalue weighted by Gasteiger charge is 2.22. The summed E-state index contributed by atoms with van der Waals surface area (Å²) < 4.78 is 18.8. The summed E-state index contributed by atoms with van der Waals surface area (Å²) in [5, 5.41) is 5.06. The fourth-order valence-corrected chi connectivity index (χ4v) is 3.96. The van der Waals surface area contributed by atoms with Gasteiger partial charge >= 0.3 is 0 Å². The fourth-order valence-electron chi connectivity index (χ4n) is 3.21. The minimum absolute atomic E-state index is 0.0311. The zero-order valence-electron chi connectivity index (χ0n) is 15.0. The van der Waals surface area contributed by atoms with E-state index in [1.807, 2.05) is 13.0 Å². The molecule has 0 spiro atoms. The second-order valence-electron chi connectivity index (χ2n) is 6.72. The van der Waals surface area contributed by atoms with Gasteiger partial charge in [-0.05, 0) is 48.9 Å². The topological polar surface area (TPSA) is 41.6 Å². The van der Waals surface area contributed by atoms with E-state index in [0.717, 1.165) is 38.1 Å². The van der Waals surface area contributed by atoms with Crippen LogP contribution in [0.4, 0.5) is 4.39 Å². The largest absolute Gasteiger partial charge is 0.377 e. The molecule has 140 valence electrons. The lowest BCUT2D eigenvalue weighted by Crippen LogP contribution is -2.41. The van der Waals surface area contributed by atoms with Gasteiger partial charge in [0.1, 0.15) is 5.82 Å². The zero-order chi connectivity index (χ0) is 18.4. The molecule has 1 N–H and O–H groups in total. The quantitative estimate of drug-likeness (QED) is 0.763. The van der Waals surface area contributed by atoms with Gasteiger partial charge in [-0.25, -0.2) is 4.39 Å². The molecule has 1 aliphatic heterocycles. The highest BCUT2D eigenvalue weighted by molar-refractivity contribution is 7.09. The number of ether oxygens (including phenoxy) is 1. The molecule has 4 nitrogen and oxygen atoms in total. The summed E-state index contributed by atoms with van der Waals surface area (Å²) in [6, 6.07) is 10.2. The third-order valence-electron chi connectivity index (χ3n) is 4.56. The van der Waals surface area contributed by atoms with Crippen molar-refractivity contribution in [1.82, 2.24) is 10.2 Å². The summed E-state index contributed by atoms with van der Waals surface area (Å²) in [5.41, 5.74) is 0.892. The first-order chi connectivity index (χ1) is 12.6. The van der Waals surface area contributed by atoms with Crippen molar-refractivity contribution in [2.24, 2.45) is 0 Å². The van der Waals surface area contributed by atoms with E-state index in [9.17, 15) is 9.18 Å². The minimum atomic E-state index is -0.272. The molecule has 1 amide bonds. The van der Waals surface area contributed by atoms with Crippen molar-refractivity contribution in [3.63, 3.8) is 0 Å². The van der Waals surface area contributed by atoms with E-state index in [0.29, 0.717) is 6.54 Å². The first-order valence-electron chi connectivity index (χ1n) is 9.01. The van der Waals surface area contributed by atoms with Gasteiger partial charge in [0.2, 0.25) is 5.91 Å². The van der Waals surface area contributed by atoms with Crippen LogP contribution in [-0.4, -0.2) is 36.6 Å². The number of hydrogen-bond donors (Lipinski definition) is 1. The van der Waals surface area contributed by atoms with Crippen LogP contribution in [0.15, 0.2) is 41.8 Å². The van der Waals surface area contributed by atoms with Crippen molar-refractivity contribution < 1.29 is 13.9 Å². The molecule has 2 atom stereocenters. The molecule has 1 aliphatic rings. The van der Waals surface area contributed by atoms with E-state index < -0.39 is 0 Å². The summed E-state index contributed by atoms with van der Waals surface area (Å²) >= 11 is 1.70. The Balaban J connectivity index is 1.57. The summed E-state index contributed by atoms with van der Waals surface area (Å²) in [4.78, 5) is 15.9. The second-order valence-corrected chi connectivity index (χ2v) is 7.76. The van der Waals surface area contributed by atoms with Crippen LogP contribution in [0.5, 0.6) is 0 Å². The van der Waals surface area contributed by atoms with Gasteiger partial charge < -0.3 is 10.1 Å². The molecule has 0 unspecified atom stereocenters. The van der Waals surface area contributed by atoms with Gasteiger partial charge in [0.05, 0.1) is 18.7 Å². The van der Waals surface area contributed by atoms with Gasteiger partial charge in [0, 0.05) is 24.6 Å². The van der Waals surface area contributed by atoms with Crippen molar-refractivity contribution in [1.29, 1.82) is 0 Å². The van der Waals surface area contributed by atoms with E-state index in [-0.39, 0.29) is 23.9 Å². The SMILES string of the molecule is C[C@H](NC(=O)CN(Cc1cccs1)C[C@H]1CCCO1)c1ccc(F)cc1. The van der Waals surface area contributed by atoms with Crippen molar-refractivity contribution in [3.05, 3.63) is 58.0 Å². The van der Waals surface area contributed by atoms with Gasteiger partial charge in [0.15, 0.2) is 0 Å².